The van der Waals surface area contributed by atoms with Gasteiger partial charge in [0.2, 0.25) is 0 Å². The van der Waals surface area contributed by atoms with E-state index in [4.69, 9.17) is 0 Å². The fourth-order valence-electron chi connectivity index (χ4n) is 0.0278. The molecule has 4 heavy (non-hydrogen) atoms. The van der Waals surface area contributed by atoms with Crippen LogP contribution in [0.15, 0.2) is 0 Å². The summed E-state index contributed by atoms with van der Waals surface area (Å²) < 4.78 is 8.67. The zero-order valence-corrected chi connectivity index (χ0v) is 3.27. The van der Waals surface area contributed by atoms with Crippen molar-refractivity contribution in [1.29, 1.82) is 0 Å². The first kappa shape index (κ1) is 2.84. The topological polar surface area (TPSA) is 18.5 Å². The van der Waals surface area contributed by atoms with Gasteiger partial charge in [-0.3, -0.25) is 0 Å². The molecule has 0 aliphatic carbocycles. The Balaban J connectivity index is 2.00. The highest BCUT2D eigenvalue weighted by Crippen LogP contribution is 2.32. The smallest absolute Gasteiger partial charge is 0.188 e. The van der Waals surface area contributed by atoms with Crippen LogP contribution < -0.4 is 0 Å². The number of rotatable bonds is 0. The molecule has 0 aromatic rings. The van der Waals surface area contributed by atoms with Gasteiger partial charge in [-0.25, -0.2) is 0 Å². The summed E-state index contributed by atoms with van der Waals surface area (Å²) in [7, 11) is 0. The maximum Gasteiger partial charge on any atom is 0.188 e. The van der Waals surface area contributed by atoms with Crippen molar-refractivity contribution >= 4 is 24.6 Å². The van der Waals surface area contributed by atoms with E-state index in [1.807, 2.05) is 0 Å². The van der Waals surface area contributed by atoms with Gasteiger partial charge < -0.3 is 0 Å². The van der Waals surface area contributed by atoms with Gasteiger partial charge in [0, 0.05) is 0 Å². The lowest BCUT2D eigenvalue weighted by Gasteiger charge is -2.01. The van der Waals surface area contributed by atoms with Gasteiger partial charge in [0.25, 0.3) is 0 Å². The molecule has 4 heteroatoms. The van der Waals surface area contributed by atoms with Crippen molar-refractivity contribution in [3.8, 4) is 0 Å². The van der Waals surface area contributed by atoms with Crippen LogP contribution in [0.3, 0.4) is 0 Å². The Labute approximate surface area is 32.7 Å². The molecule has 0 aromatic carbocycles. The molecule has 1 rings (SSSR count). The monoisotopic (exact) mass is 95.9 g/mol. The second-order valence-electron chi connectivity index (χ2n) is 0.272. The van der Waals surface area contributed by atoms with E-state index in [0.29, 0.717) is 0 Å². The Morgan fingerprint density at radius 2 is 1.25 bits per heavy atom. The van der Waals surface area contributed by atoms with E-state index >= 15 is 0 Å². The van der Waals surface area contributed by atoms with Crippen molar-refractivity contribution in [3.05, 3.63) is 0 Å². The normalized spacial score (nSPS) is 24.0. The Hall–Kier alpha value is 0.620. The van der Waals surface area contributed by atoms with E-state index in [-0.39, 0.29) is 0 Å². The van der Waals surface area contributed by atoms with Crippen molar-refractivity contribution in [2.24, 2.45) is 0 Å². The molecule has 0 unspecified atom stereocenters. The third-order valence-electron chi connectivity index (χ3n) is 0.111. The molecule has 0 atom stereocenters. The van der Waals surface area contributed by atoms with Crippen molar-refractivity contribution < 1.29 is 7.26 Å². The molecule has 1 heterocycles. The molecule has 0 aromatic heterocycles. The van der Waals surface area contributed by atoms with Crippen LogP contribution in [-0.4, -0.2) is 0 Å². The van der Waals surface area contributed by atoms with E-state index in [0.717, 1.165) is 24.6 Å². The third-order valence-corrected chi connectivity index (χ3v) is 1.00. The van der Waals surface area contributed by atoms with E-state index < -0.39 is 0 Å². The first-order valence-electron chi connectivity index (χ1n) is 0.667. The maximum atomic E-state index is 4.33. The van der Waals surface area contributed by atoms with Gasteiger partial charge in [-0.2, -0.15) is 7.26 Å². The van der Waals surface area contributed by atoms with Crippen molar-refractivity contribution in [1.82, 2.24) is 0 Å². The molecule has 0 amide bonds. The highest BCUT2D eigenvalue weighted by molar-refractivity contribution is 8.16. The second kappa shape index (κ2) is 1.16. The summed E-state index contributed by atoms with van der Waals surface area (Å²) in [6.07, 6.45) is 0. The zero-order chi connectivity index (χ0) is 2.83. The van der Waals surface area contributed by atoms with Crippen LogP contribution in [-0.2, 0) is 7.26 Å². The molecule has 0 N–H and O–H groups in total. The van der Waals surface area contributed by atoms with E-state index in [1.165, 1.54) is 0 Å². The molecule has 24 valence electrons. The largest absolute Gasteiger partial charge is 0.188 e. The predicted molar refractivity (Wildman–Crippen MR) is 17.4 cm³/mol. The van der Waals surface area contributed by atoms with Crippen molar-refractivity contribution in [2.45, 2.75) is 0 Å². The molecular weight excluding hydrogens is 96.1 g/mol. The van der Waals surface area contributed by atoms with Gasteiger partial charge in [0.05, 0.1) is 0 Å². The van der Waals surface area contributed by atoms with Gasteiger partial charge in [0.15, 0.2) is 24.6 Å². The Morgan fingerprint density at radius 1 is 1.00 bits per heavy atom. The van der Waals surface area contributed by atoms with Gasteiger partial charge in [-0.15, -0.1) is 0 Å². The molecule has 0 radical (unpaired) electrons. The summed E-state index contributed by atoms with van der Waals surface area (Å²) in [6, 6.07) is 0. The van der Waals surface area contributed by atoms with Crippen LogP contribution in [0, 0.1) is 0 Å². The molecule has 1 aliphatic heterocycles. The summed E-state index contributed by atoms with van der Waals surface area (Å²) in [5.41, 5.74) is 0. The lowest BCUT2D eigenvalue weighted by molar-refractivity contribution is 0.520. The molecule has 0 bridgehead atoms. The summed E-state index contributed by atoms with van der Waals surface area (Å²) in [5, 5.41) is 0. The second-order valence-corrected chi connectivity index (χ2v) is 1.63. The number of hydrogen-bond acceptors (Lipinski definition) is 4. The Kier molecular flexibility index (Phi) is 0.826. The highest BCUT2D eigenvalue weighted by Gasteiger charge is 2.01. The fraction of sp³-hybridized carbons (Fsp3) is 0. The summed E-state index contributed by atoms with van der Waals surface area (Å²) in [6.45, 7) is 0. The minimum absolute atomic E-state index is 1.000. The average Bonchev–Trinajstić information content (AvgIpc) is 0.722. The van der Waals surface area contributed by atoms with Crippen LogP contribution in [0.2, 0.25) is 0 Å². The van der Waals surface area contributed by atoms with Gasteiger partial charge in [-0.1, -0.05) is 0 Å². The summed E-state index contributed by atoms with van der Waals surface area (Å²) in [4.78, 5) is 0. The minimum Gasteiger partial charge on any atom is -0.188 e. The summed E-state index contributed by atoms with van der Waals surface area (Å²) >= 11 is 2.00. The summed E-state index contributed by atoms with van der Waals surface area (Å²) in [5.74, 6) is 0. The molecule has 0 spiro atoms. The Bertz CT molecular complexity index is 12.0. The lowest BCUT2D eigenvalue weighted by atomic mass is 15.8. The quantitative estimate of drug-likeness (QED) is 0.421. The van der Waals surface area contributed by atoms with Crippen LogP contribution in [0.5, 0.6) is 0 Å². The SMILES string of the molecule is O1SOS1. The van der Waals surface area contributed by atoms with Gasteiger partial charge >= 0.3 is 0 Å². The molecular formula is O2S2. The van der Waals surface area contributed by atoms with Crippen molar-refractivity contribution in [3.63, 3.8) is 0 Å². The predicted octanol–water partition coefficient (Wildman–Crippen LogP) is 1.16. The van der Waals surface area contributed by atoms with Crippen LogP contribution >= 0.6 is 24.6 Å². The van der Waals surface area contributed by atoms with Crippen LogP contribution in [0.1, 0.15) is 0 Å². The van der Waals surface area contributed by atoms with Crippen LogP contribution in [0.4, 0.5) is 0 Å². The van der Waals surface area contributed by atoms with E-state index in [2.05, 4.69) is 7.26 Å². The lowest BCUT2D eigenvalue weighted by Crippen LogP contribution is -1.74. The van der Waals surface area contributed by atoms with Crippen LogP contribution in [0.25, 0.3) is 0 Å². The first-order chi connectivity index (χ1) is 2.00. The Morgan fingerprint density at radius 3 is 1.25 bits per heavy atom. The standard InChI is InChI=1S/O2S2/c1-3-2-4-1. The van der Waals surface area contributed by atoms with E-state index in [1.54, 1.807) is 0 Å². The molecule has 1 saturated heterocycles. The van der Waals surface area contributed by atoms with E-state index in [9.17, 15) is 0 Å². The van der Waals surface area contributed by atoms with Gasteiger partial charge in [0.1, 0.15) is 0 Å². The first-order valence-corrected chi connectivity index (χ1v) is 2.00. The molecule has 1 fully saturated rings. The average molecular weight is 96.1 g/mol. The molecule has 2 nitrogen and oxygen atoms in total. The van der Waals surface area contributed by atoms with Crippen molar-refractivity contribution in [2.75, 3.05) is 0 Å². The maximum absolute atomic E-state index is 4.33. The molecule has 1 aliphatic rings. The zero-order valence-electron chi connectivity index (χ0n) is 1.63. The third kappa shape index (κ3) is 0.322. The van der Waals surface area contributed by atoms with Gasteiger partial charge in [-0.05, 0) is 0 Å². The highest BCUT2D eigenvalue weighted by atomic mass is 32.3. The fourth-order valence-corrected chi connectivity index (χ4v) is 0.250. The number of hydrogen-bond donors (Lipinski definition) is 0. The minimum atomic E-state index is 1.000. The molecule has 0 saturated carbocycles.